The highest BCUT2D eigenvalue weighted by Crippen LogP contribution is 2.18. The second-order valence-electron chi connectivity index (χ2n) is 2.98. The van der Waals surface area contributed by atoms with Crippen LogP contribution in [0.5, 0.6) is 0 Å². The van der Waals surface area contributed by atoms with Crippen LogP contribution >= 0.6 is 12.4 Å². The number of piperazine rings is 1. The van der Waals surface area contributed by atoms with Gasteiger partial charge >= 0.3 is 0 Å². The van der Waals surface area contributed by atoms with Gasteiger partial charge in [0.25, 0.3) is 0 Å². The number of halogens is 1. The lowest BCUT2D eigenvalue weighted by atomic mass is 10.2. The molecule has 0 saturated carbocycles. The predicted octanol–water partition coefficient (Wildman–Crippen LogP) is 0.00240. The van der Waals surface area contributed by atoms with E-state index in [1.165, 1.54) is 0 Å². The molecule has 0 radical (unpaired) electrons. The zero-order valence-electron chi connectivity index (χ0n) is 6.38. The molecule has 2 fully saturated rings. The number of nitrogens with zero attached hydrogens (tertiary/aromatic N) is 1. The standard InChI is InChI=1S/C7H12N2O.ClH/c10-7-2-1-6-5-8-3-4-9(6)7;/h6,8H,1-5H2;1H/t6-;/m1./s1. The molecule has 1 amide bonds. The van der Waals surface area contributed by atoms with Gasteiger partial charge in [-0.25, -0.2) is 0 Å². The molecule has 3 nitrogen and oxygen atoms in total. The van der Waals surface area contributed by atoms with Crippen LogP contribution in [0.15, 0.2) is 0 Å². The zero-order chi connectivity index (χ0) is 6.97. The van der Waals surface area contributed by atoms with Crippen molar-refractivity contribution in [3.63, 3.8) is 0 Å². The summed E-state index contributed by atoms with van der Waals surface area (Å²) in [7, 11) is 0. The Balaban J connectivity index is 0.000000605. The van der Waals surface area contributed by atoms with E-state index >= 15 is 0 Å². The van der Waals surface area contributed by atoms with Gasteiger partial charge in [-0.05, 0) is 6.42 Å². The van der Waals surface area contributed by atoms with Gasteiger partial charge in [0.05, 0.1) is 0 Å². The molecule has 0 aromatic rings. The van der Waals surface area contributed by atoms with E-state index in [1.807, 2.05) is 4.90 Å². The Hall–Kier alpha value is -0.280. The summed E-state index contributed by atoms with van der Waals surface area (Å²) in [4.78, 5) is 13.1. The average molecular weight is 177 g/mol. The SMILES string of the molecule is Cl.O=C1CC[C@@H]2CNCCN12. The molecule has 0 bridgehead atoms. The fourth-order valence-corrected chi connectivity index (χ4v) is 1.78. The molecule has 2 heterocycles. The van der Waals surface area contributed by atoms with Crippen molar-refractivity contribution in [1.29, 1.82) is 0 Å². The van der Waals surface area contributed by atoms with Crippen molar-refractivity contribution < 1.29 is 4.79 Å². The van der Waals surface area contributed by atoms with Crippen LogP contribution < -0.4 is 5.32 Å². The van der Waals surface area contributed by atoms with Gasteiger partial charge in [-0.2, -0.15) is 0 Å². The number of hydrogen-bond acceptors (Lipinski definition) is 2. The van der Waals surface area contributed by atoms with Gasteiger partial charge in [0.15, 0.2) is 0 Å². The van der Waals surface area contributed by atoms with E-state index < -0.39 is 0 Å². The minimum Gasteiger partial charge on any atom is -0.337 e. The third kappa shape index (κ3) is 1.49. The van der Waals surface area contributed by atoms with Gasteiger partial charge in [-0.15, -0.1) is 12.4 Å². The monoisotopic (exact) mass is 176 g/mol. The van der Waals surface area contributed by atoms with Gasteiger partial charge in [0, 0.05) is 32.1 Å². The van der Waals surface area contributed by atoms with Crippen molar-refractivity contribution in [1.82, 2.24) is 10.2 Å². The van der Waals surface area contributed by atoms with Gasteiger partial charge in [-0.1, -0.05) is 0 Å². The average Bonchev–Trinajstić information content (AvgIpc) is 2.34. The largest absolute Gasteiger partial charge is 0.337 e. The van der Waals surface area contributed by atoms with Crippen LogP contribution in [0.1, 0.15) is 12.8 Å². The van der Waals surface area contributed by atoms with Crippen molar-refractivity contribution in [3.8, 4) is 0 Å². The molecule has 1 atom stereocenters. The maximum atomic E-state index is 11.1. The second kappa shape index (κ2) is 3.41. The highest BCUT2D eigenvalue weighted by Gasteiger charge is 2.31. The normalized spacial score (nSPS) is 29.6. The zero-order valence-corrected chi connectivity index (χ0v) is 7.19. The lowest BCUT2D eigenvalue weighted by Crippen LogP contribution is -2.49. The smallest absolute Gasteiger partial charge is 0.222 e. The number of hydrogen-bond donors (Lipinski definition) is 1. The highest BCUT2D eigenvalue weighted by molar-refractivity contribution is 5.85. The number of carbonyl (C=O) groups is 1. The molecule has 2 rings (SSSR count). The molecule has 0 aliphatic carbocycles. The molecular weight excluding hydrogens is 164 g/mol. The molecule has 11 heavy (non-hydrogen) atoms. The fraction of sp³-hybridized carbons (Fsp3) is 0.857. The van der Waals surface area contributed by atoms with Gasteiger partial charge < -0.3 is 10.2 Å². The Bertz CT molecular complexity index is 163. The summed E-state index contributed by atoms with van der Waals surface area (Å²) in [6.45, 7) is 2.90. The summed E-state index contributed by atoms with van der Waals surface area (Å²) >= 11 is 0. The van der Waals surface area contributed by atoms with E-state index in [0.29, 0.717) is 11.9 Å². The molecule has 2 saturated heterocycles. The second-order valence-corrected chi connectivity index (χ2v) is 2.98. The summed E-state index contributed by atoms with van der Waals surface area (Å²) in [5.74, 6) is 0.353. The molecule has 2 aliphatic heterocycles. The summed E-state index contributed by atoms with van der Waals surface area (Å²) < 4.78 is 0. The summed E-state index contributed by atoms with van der Waals surface area (Å²) in [6, 6.07) is 0.515. The van der Waals surface area contributed by atoms with Crippen LogP contribution in [0.3, 0.4) is 0 Å². The third-order valence-corrected chi connectivity index (χ3v) is 2.36. The minimum absolute atomic E-state index is 0. The van der Waals surface area contributed by atoms with Crippen molar-refractivity contribution in [3.05, 3.63) is 0 Å². The summed E-state index contributed by atoms with van der Waals surface area (Å²) in [5.41, 5.74) is 0. The Labute approximate surface area is 72.5 Å². The van der Waals surface area contributed by atoms with E-state index in [2.05, 4.69) is 5.32 Å². The molecule has 4 heteroatoms. The lowest BCUT2D eigenvalue weighted by Gasteiger charge is -2.29. The third-order valence-electron chi connectivity index (χ3n) is 2.36. The van der Waals surface area contributed by atoms with Crippen molar-refractivity contribution in [2.45, 2.75) is 18.9 Å². The number of carbonyl (C=O) groups excluding carboxylic acids is 1. The molecule has 0 unspecified atom stereocenters. The first-order valence-electron chi connectivity index (χ1n) is 3.88. The quantitative estimate of drug-likeness (QED) is 0.564. The van der Waals surface area contributed by atoms with Crippen LogP contribution in [0, 0.1) is 0 Å². The number of amides is 1. The Kier molecular flexibility index (Phi) is 2.73. The molecule has 0 spiro atoms. The van der Waals surface area contributed by atoms with Crippen molar-refractivity contribution >= 4 is 18.3 Å². The van der Waals surface area contributed by atoms with Crippen molar-refractivity contribution in [2.24, 2.45) is 0 Å². The van der Waals surface area contributed by atoms with Crippen LogP contribution in [0.25, 0.3) is 0 Å². The number of rotatable bonds is 0. The molecule has 1 N–H and O–H groups in total. The summed E-state index contributed by atoms with van der Waals surface area (Å²) in [5, 5.41) is 3.28. The molecule has 2 aliphatic rings. The van der Waals surface area contributed by atoms with Gasteiger partial charge in [-0.3, -0.25) is 4.79 Å². The number of nitrogens with one attached hydrogen (secondary N) is 1. The molecule has 0 aromatic carbocycles. The van der Waals surface area contributed by atoms with Gasteiger partial charge in [0.2, 0.25) is 5.91 Å². The molecular formula is C7H13ClN2O. The van der Waals surface area contributed by atoms with E-state index in [0.717, 1.165) is 32.5 Å². The highest BCUT2D eigenvalue weighted by atomic mass is 35.5. The van der Waals surface area contributed by atoms with E-state index in [4.69, 9.17) is 0 Å². The number of fused-ring (bicyclic) bond motifs is 1. The van der Waals surface area contributed by atoms with Crippen molar-refractivity contribution in [2.75, 3.05) is 19.6 Å². The predicted molar refractivity (Wildman–Crippen MR) is 44.9 cm³/mol. The van der Waals surface area contributed by atoms with Crippen LogP contribution in [-0.4, -0.2) is 36.5 Å². The first kappa shape index (κ1) is 8.81. The first-order valence-corrected chi connectivity index (χ1v) is 3.88. The Morgan fingerprint density at radius 2 is 2.36 bits per heavy atom. The fourth-order valence-electron chi connectivity index (χ4n) is 1.78. The van der Waals surface area contributed by atoms with Crippen LogP contribution in [0.4, 0.5) is 0 Å². The maximum absolute atomic E-state index is 11.1. The van der Waals surface area contributed by atoms with E-state index in [-0.39, 0.29) is 12.4 Å². The Morgan fingerprint density at radius 1 is 1.55 bits per heavy atom. The molecule has 0 aromatic heterocycles. The van der Waals surface area contributed by atoms with Gasteiger partial charge in [0.1, 0.15) is 0 Å². The van der Waals surface area contributed by atoms with E-state index in [9.17, 15) is 4.79 Å². The Morgan fingerprint density at radius 3 is 3.09 bits per heavy atom. The minimum atomic E-state index is 0. The van der Waals surface area contributed by atoms with Crippen LogP contribution in [0.2, 0.25) is 0 Å². The summed E-state index contributed by atoms with van der Waals surface area (Å²) in [6.07, 6.45) is 1.83. The topological polar surface area (TPSA) is 32.3 Å². The maximum Gasteiger partial charge on any atom is 0.222 e. The molecule has 64 valence electrons. The van der Waals surface area contributed by atoms with E-state index in [1.54, 1.807) is 0 Å². The first-order chi connectivity index (χ1) is 4.88. The lowest BCUT2D eigenvalue weighted by molar-refractivity contribution is -0.129. The van der Waals surface area contributed by atoms with Crippen LogP contribution in [-0.2, 0) is 4.79 Å².